The number of nitrogens with one attached hydrogen (secondary N) is 1. The summed E-state index contributed by atoms with van der Waals surface area (Å²) in [6, 6.07) is 15.7. The van der Waals surface area contributed by atoms with E-state index in [-0.39, 0.29) is 17.8 Å². The standard InChI is InChI=1S/C21H21FN2O/c1-15(16-7-9-19(22)10-8-16)24-20(25)17-5-4-6-18(13-17)21(14-23)11-2-3-12-21/h4-10,13,15H,2-3,11-12H2,1H3,(H,24,25). The molecule has 1 N–H and O–H groups in total. The Balaban J connectivity index is 1.78. The molecule has 1 aliphatic carbocycles. The molecule has 3 nitrogen and oxygen atoms in total. The first-order valence-electron chi connectivity index (χ1n) is 8.62. The maximum atomic E-state index is 13.0. The summed E-state index contributed by atoms with van der Waals surface area (Å²) in [5, 5.41) is 12.6. The second kappa shape index (κ2) is 7.06. The second-order valence-corrected chi connectivity index (χ2v) is 6.73. The lowest BCUT2D eigenvalue weighted by Gasteiger charge is -2.21. The van der Waals surface area contributed by atoms with Crippen molar-refractivity contribution in [2.45, 2.75) is 44.1 Å². The van der Waals surface area contributed by atoms with Gasteiger partial charge in [0.2, 0.25) is 0 Å². The summed E-state index contributed by atoms with van der Waals surface area (Å²) in [5.74, 6) is -0.488. The Bertz CT molecular complexity index is 801. The number of hydrogen-bond acceptors (Lipinski definition) is 2. The minimum Gasteiger partial charge on any atom is -0.346 e. The van der Waals surface area contributed by atoms with Gasteiger partial charge in [0.15, 0.2) is 0 Å². The summed E-state index contributed by atoms with van der Waals surface area (Å²) in [6.07, 6.45) is 3.79. The van der Waals surface area contributed by atoms with Crippen molar-refractivity contribution in [1.29, 1.82) is 5.26 Å². The van der Waals surface area contributed by atoms with Crippen LogP contribution >= 0.6 is 0 Å². The minimum absolute atomic E-state index is 0.190. The average Bonchev–Trinajstić information content (AvgIpc) is 3.12. The lowest BCUT2D eigenvalue weighted by Crippen LogP contribution is -2.27. The third-order valence-electron chi connectivity index (χ3n) is 5.07. The molecule has 25 heavy (non-hydrogen) atoms. The minimum atomic E-state index is -0.459. The van der Waals surface area contributed by atoms with Gasteiger partial charge in [-0.3, -0.25) is 4.79 Å². The molecule has 0 aromatic heterocycles. The van der Waals surface area contributed by atoms with Gasteiger partial charge in [-0.2, -0.15) is 5.26 Å². The average molecular weight is 336 g/mol. The van der Waals surface area contributed by atoms with Crippen LogP contribution < -0.4 is 5.32 Å². The molecule has 128 valence electrons. The molecule has 1 aliphatic rings. The Morgan fingerprint density at radius 3 is 2.52 bits per heavy atom. The summed E-state index contributed by atoms with van der Waals surface area (Å²) in [7, 11) is 0. The van der Waals surface area contributed by atoms with E-state index in [0.717, 1.165) is 36.8 Å². The number of rotatable bonds is 4. The maximum Gasteiger partial charge on any atom is 0.251 e. The van der Waals surface area contributed by atoms with Gasteiger partial charge >= 0.3 is 0 Å². The first-order chi connectivity index (χ1) is 12.0. The first kappa shape index (κ1) is 17.2. The van der Waals surface area contributed by atoms with E-state index in [9.17, 15) is 14.4 Å². The monoisotopic (exact) mass is 336 g/mol. The van der Waals surface area contributed by atoms with Crippen LogP contribution in [0, 0.1) is 17.1 Å². The fourth-order valence-corrected chi connectivity index (χ4v) is 3.52. The number of halogens is 1. The molecule has 1 saturated carbocycles. The number of nitrogens with zero attached hydrogens (tertiary/aromatic N) is 1. The van der Waals surface area contributed by atoms with Crippen LogP contribution in [0.4, 0.5) is 4.39 Å². The van der Waals surface area contributed by atoms with E-state index in [4.69, 9.17) is 0 Å². The SMILES string of the molecule is CC(NC(=O)c1cccc(C2(C#N)CCCC2)c1)c1ccc(F)cc1. The van der Waals surface area contributed by atoms with E-state index in [0.29, 0.717) is 5.56 Å². The van der Waals surface area contributed by atoms with Gasteiger partial charge in [0.1, 0.15) is 5.82 Å². The normalized spacial score (nSPS) is 16.8. The van der Waals surface area contributed by atoms with Crippen molar-refractivity contribution in [3.8, 4) is 6.07 Å². The molecule has 1 atom stereocenters. The van der Waals surface area contributed by atoms with Gasteiger partial charge in [-0.15, -0.1) is 0 Å². The van der Waals surface area contributed by atoms with Crippen molar-refractivity contribution < 1.29 is 9.18 Å². The number of nitriles is 1. The zero-order valence-corrected chi connectivity index (χ0v) is 14.3. The van der Waals surface area contributed by atoms with E-state index in [2.05, 4.69) is 11.4 Å². The molecular formula is C21H21FN2O. The largest absolute Gasteiger partial charge is 0.346 e. The zero-order valence-electron chi connectivity index (χ0n) is 14.3. The van der Waals surface area contributed by atoms with E-state index >= 15 is 0 Å². The smallest absolute Gasteiger partial charge is 0.251 e. The number of carbonyl (C=O) groups is 1. The Morgan fingerprint density at radius 2 is 1.88 bits per heavy atom. The van der Waals surface area contributed by atoms with Crippen molar-refractivity contribution in [1.82, 2.24) is 5.32 Å². The Morgan fingerprint density at radius 1 is 1.20 bits per heavy atom. The second-order valence-electron chi connectivity index (χ2n) is 6.73. The zero-order chi connectivity index (χ0) is 17.9. The van der Waals surface area contributed by atoms with Crippen molar-refractivity contribution >= 4 is 5.91 Å². The Kier molecular flexibility index (Phi) is 4.85. The number of amides is 1. The molecule has 4 heteroatoms. The molecule has 0 saturated heterocycles. The summed E-state index contributed by atoms with van der Waals surface area (Å²) in [5.41, 5.74) is 1.86. The van der Waals surface area contributed by atoms with Crippen LogP contribution in [0.1, 0.15) is 60.1 Å². The molecule has 0 spiro atoms. The van der Waals surface area contributed by atoms with Crippen molar-refractivity contribution in [2.75, 3.05) is 0 Å². The Hall–Kier alpha value is -2.67. The van der Waals surface area contributed by atoms with Crippen LogP contribution in [0.2, 0.25) is 0 Å². The first-order valence-corrected chi connectivity index (χ1v) is 8.62. The quantitative estimate of drug-likeness (QED) is 0.883. The molecule has 0 bridgehead atoms. The highest BCUT2D eigenvalue weighted by molar-refractivity contribution is 5.94. The predicted molar refractivity (Wildman–Crippen MR) is 94.5 cm³/mol. The highest BCUT2D eigenvalue weighted by Gasteiger charge is 2.36. The molecule has 1 unspecified atom stereocenters. The summed E-state index contributed by atoms with van der Waals surface area (Å²) in [4.78, 5) is 12.6. The molecule has 2 aromatic rings. The summed E-state index contributed by atoms with van der Waals surface area (Å²) < 4.78 is 13.0. The van der Waals surface area contributed by atoms with Crippen molar-refractivity contribution in [3.05, 3.63) is 71.0 Å². The van der Waals surface area contributed by atoms with Gasteiger partial charge in [-0.1, -0.05) is 37.1 Å². The topological polar surface area (TPSA) is 52.9 Å². The summed E-state index contributed by atoms with van der Waals surface area (Å²) in [6.45, 7) is 1.86. The van der Waals surface area contributed by atoms with E-state index < -0.39 is 5.41 Å². The molecule has 0 aliphatic heterocycles. The fourth-order valence-electron chi connectivity index (χ4n) is 3.52. The van der Waals surface area contributed by atoms with Crippen molar-refractivity contribution in [2.24, 2.45) is 0 Å². The van der Waals surface area contributed by atoms with Crippen LogP contribution in [-0.2, 0) is 5.41 Å². The van der Waals surface area contributed by atoms with E-state index in [1.165, 1.54) is 12.1 Å². The molecule has 3 rings (SSSR count). The van der Waals surface area contributed by atoms with Crippen LogP contribution in [-0.4, -0.2) is 5.91 Å². The van der Waals surface area contributed by atoms with E-state index in [1.54, 1.807) is 18.2 Å². The highest BCUT2D eigenvalue weighted by atomic mass is 19.1. The molecular weight excluding hydrogens is 315 g/mol. The molecule has 2 aromatic carbocycles. The molecule has 0 heterocycles. The molecule has 0 radical (unpaired) electrons. The lowest BCUT2D eigenvalue weighted by molar-refractivity contribution is 0.0939. The van der Waals surface area contributed by atoms with Gasteiger partial charge < -0.3 is 5.32 Å². The van der Waals surface area contributed by atoms with Gasteiger partial charge in [0.25, 0.3) is 5.91 Å². The molecule has 1 amide bonds. The highest BCUT2D eigenvalue weighted by Crippen LogP contribution is 2.40. The van der Waals surface area contributed by atoms with Gasteiger partial charge in [0, 0.05) is 5.56 Å². The van der Waals surface area contributed by atoms with Crippen molar-refractivity contribution in [3.63, 3.8) is 0 Å². The van der Waals surface area contributed by atoms with Crippen LogP contribution in [0.3, 0.4) is 0 Å². The molecule has 1 fully saturated rings. The number of benzene rings is 2. The third-order valence-corrected chi connectivity index (χ3v) is 5.07. The van der Waals surface area contributed by atoms with Crippen LogP contribution in [0.15, 0.2) is 48.5 Å². The summed E-state index contributed by atoms with van der Waals surface area (Å²) >= 11 is 0. The predicted octanol–water partition coefficient (Wildman–Crippen LogP) is 4.65. The maximum absolute atomic E-state index is 13.0. The number of carbonyl (C=O) groups excluding carboxylic acids is 1. The lowest BCUT2D eigenvalue weighted by atomic mass is 9.80. The van der Waals surface area contributed by atoms with Crippen LogP contribution in [0.5, 0.6) is 0 Å². The third kappa shape index (κ3) is 3.56. The van der Waals surface area contributed by atoms with Crippen LogP contribution in [0.25, 0.3) is 0 Å². The van der Waals surface area contributed by atoms with Gasteiger partial charge in [-0.25, -0.2) is 4.39 Å². The van der Waals surface area contributed by atoms with Gasteiger partial charge in [0.05, 0.1) is 17.5 Å². The van der Waals surface area contributed by atoms with Gasteiger partial charge in [-0.05, 0) is 55.2 Å². The fraction of sp³-hybridized carbons (Fsp3) is 0.333. The number of hydrogen-bond donors (Lipinski definition) is 1. The van der Waals surface area contributed by atoms with E-state index in [1.807, 2.05) is 25.1 Å². The Labute approximate surface area is 147 Å².